The van der Waals surface area contributed by atoms with Crippen molar-refractivity contribution in [3.8, 4) is 0 Å². The number of aryl methyl sites for hydroxylation is 3. The molecule has 2 rings (SSSR count). The van der Waals surface area contributed by atoms with Crippen molar-refractivity contribution >= 4 is 28.9 Å². The van der Waals surface area contributed by atoms with E-state index in [0.29, 0.717) is 12.4 Å². The Bertz CT molecular complexity index is 578. The van der Waals surface area contributed by atoms with Gasteiger partial charge in [-0.05, 0) is 37.5 Å². The highest BCUT2D eigenvalue weighted by Crippen LogP contribution is 2.21. The molecule has 1 aromatic heterocycles. The molecule has 108 valence electrons. The summed E-state index contributed by atoms with van der Waals surface area (Å²) in [5.41, 5.74) is 4.24. The molecular formula is C15H19Cl2N3. The van der Waals surface area contributed by atoms with Crippen LogP contribution in [0.15, 0.2) is 24.3 Å². The quantitative estimate of drug-likeness (QED) is 0.812. The van der Waals surface area contributed by atoms with Crippen LogP contribution in [-0.2, 0) is 20.0 Å². The zero-order valence-electron chi connectivity index (χ0n) is 11.8. The van der Waals surface area contributed by atoms with Gasteiger partial charge in [0.25, 0.3) is 0 Å². The van der Waals surface area contributed by atoms with E-state index in [9.17, 15) is 0 Å². The maximum atomic E-state index is 6.24. The van der Waals surface area contributed by atoms with Gasteiger partial charge < -0.3 is 5.32 Å². The van der Waals surface area contributed by atoms with E-state index in [0.717, 1.165) is 34.9 Å². The molecule has 0 unspecified atom stereocenters. The standard InChI is InChI=1S/C15H19Cl2N3/c1-11-15(17)14(20(2)19-11)10-18-13-7-3-5-12(9-13)6-4-8-16/h3,5,7,9,18H,4,6,8,10H2,1-2H3. The molecular weight excluding hydrogens is 293 g/mol. The molecule has 1 N–H and O–H groups in total. The second-order valence-electron chi connectivity index (χ2n) is 4.82. The Labute approximate surface area is 129 Å². The highest BCUT2D eigenvalue weighted by molar-refractivity contribution is 6.31. The SMILES string of the molecule is Cc1nn(C)c(CNc2cccc(CCCCl)c2)c1Cl. The number of hydrogen-bond acceptors (Lipinski definition) is 2. The third kappa shape index (κ3) is 3.68. The molecule has 0 bridgehead atoms. The van der Waals surface area contributed by atoms with Gasteiger partial charge in [0, 0.05) is 18.6 Å². The number of halogens is 2. The molecule has 5 heteroatoms. The molecule has 0 fully saturated rings. The minimum Gasteiger partial charge on any atom is -0.379 e. The van der Waals surface area contributed by atoms with E-state index in [4.69, 9.17) is 23.2 Å². The summed E-state index contributed by atoms with van der Waals surface area (Å²) in [6.07, 6.45) is 2.00. The van der Waals surface area contributed by atoms with E-state index >= 15 is 0 Å². The molecule has 0 radical (unpaired) electrons. The van der Waals surface area contributed by atoms with Gasteiger partial charge in [0.1, 0.15) is 0 Å². The Morgan fingerprint density at radius 3 is 2.80 bits per heavy atom. The summed E-state index contributed by atoms with van der Waals surface area (Å²) in [6.45, 7) is 2.58. The number of benzene rings is 1. The maximum Gasteiger partial charge on any atom is 0.0865 e. The van der Waals surface area contributed by atoms with Gasteiger partial charge in [-0.25, -0.2) is 0 Å². The van der Waals surface area contributed by atoms with E-state index in [-0.39, 0.29) is 0 Å². The second-order valence-corrected chi connectivity index (χ2v) is 5.57. The first-order valence-corrected chi connectivity index (χ1v) is 7.60. The fourth-order valence-corrected chi connectivity index (χ4v) is 2.53. The summed E-state index contributed by atoms with van der Waals surface area (Å²) in [6, 6.07) is 8.39. The molecule has 20 heavy (non-hydrogen) atoms. The molecule has 3 nitrogen and oxygen atoms in total. The zero-order valence-corrected chi connectivity index (χ0v) is 13.3. The summed E-state index contributed by atoms with van der Waals surface area (Å²) >= 11 is 12.0. The molecule has 0 saturated heterocycles. The Hall–Kier alpha value is -1.19. The second kappa shape index (κ2) is 7.00. The van der Waals surface area contributed by atoms with E-state index < -0.39 is 0 Å². The number of nitrogens with zero attached hydrogens (tertiary/aromatic N) is 2. The third-order valence-corrected chi connectivity index (χ3v) is 4.01. The van der Waals surface area contributed by atoms with Crippen molar-refractivity contribution in [2.75, 3.05) is 11.2 Å². The lowest BCUT2D eigenvalue weighted by Gasteiger charge is -2.09. The Kier molecular flexibility index (Phi) is 5.32. The molecule has 1 aromatic carbocycles. The van der Waals surface area contributed by atoms with Crippen LogP contribution in [0.5, 0.6) is 0 Å². The first-order valence-electron chi connectivity index (χ1n) is 6.68. The largest absolute Gasteiger partial charge is 0.379 e. The van der Waals surface area contributed by atoms with Crippen LogP contribution in [-0.4, -0.2) is 15.7 Å². The van der Waals surface area contributed by atoms with Crippen LogP contribution < -0.4 is 5.32 Å². The molecule has 0 amide bonds. The Balaban J connectivity index is 2.03. The van der Waals surface area contributed by atoms with E-state index in [2.05, 4.69) is 34.7 Å². The average Bonchev–Trinajstić information content (AvgIpc) is 2.68. The monoisotopic (exact) mass is 311 g/mol. The van der Waals surface area contributed by atoms with Crippen molar-refractivity contribution < 1.29 is 0 Å². The van der Waals surface area contributed by atoms with Gasteiger partial charge in [0.2, 0.25) is 0 Å². The van der Waals surface area contributed by atoms with Crippen LogP contribution in [0.3, 0.4) is 0 Å². The maximum absolute atomic E-state index is 6.24. The number of hydrogen-bond donors (Lipinski definition) is 1. The number of rotatable bonds is 6. The minimum absolute atomic E-state index is 0.662. The van der Waals surface area contributed by atoms with Crippen molar-refractivity contribution in [2.45, 2.75) is 26.3 Å². The molecule has 0 aliphatic rings. The third-order valence-electron chi connectivity index (χ3n) is 3.25. The van der Waals surface area contributed by atoms with Crippen LogP contribution >= 0.6 is 23.2 Å². The van der Waals surface area contributed by atoms with Crippen LogP contribution in [0.2, 0.25) is 5.02 Å². The summed E-state index contributed by atoms with van der Waals surface area (Å²) in [5, 5.41) is 8.44. The van der Waals surface area contributed by atoms with Gasteiger partial charge in [-0.1, -0.05) is 23.7 Å². The summed E-state index contributed by atoms with van der Waals surface area (Å²) in [4.78, 5) is 0. The first kappa shape index (κ1) is 15.2. The summed E-state index contributed by atoms with van der Waals surface area (Å²) in [5.74, 6) is 0.696. The zero-order chi connectivity index (χ0) is 14.5. The number of aromatic nitrogens is 2. The van der Waals surface area contributed by atoms with Crippen molar-refractivity contribution in [3.05, 3.63) is 46.2 Å². The predicted octanol–water partition coefficient (Wildman–Crippen LogP) is 4.17. The van der Waals surface area contributed by atoms with E-state index in [1.807, 2.05) is 18.7 Å². The topological polar surface area (TPSA) is 29.9 Å². The number of nitrogens with one attached hydrogen (secondary N) is 1. The van der Waals surface area contributed by atoms with Crippen molar-refractivity contribution in [2.24, 2.45) is 7.05 Å². The summed E-state index contributed by atoms with van der Waals surface area (Å²) < 4.78 is 1.82. The molecule has 2 aromatic rings. The van der Waals surface area contributed by atoms with E-state index in [1.54, 1.807) is 0 Å². The lowest BCUT2D eigenvalue weighted by atomic mass is 10.1. The van der Waals surface area contributed by atoms with Crippen molar-refractivity contribution in [1.29, 1.82) is 0 Å². The van der Waals surface area contributed by atoms with Gasteiger partial charge in [-0.3, -0.25) is 4.68 Å². The lowest BCUT2D eigenvalue weighted by Crippen LogP contribution is -2.06. The fraction of sp³-hybridized carbons (Fsp3) is 0.400. The lowest BCUT2D eigenvalue weighted by molar-refractivity contribution is 0.713. The minimum atomic E-state index is 0.662. The molecule has 0 atom stereocenters. The highest BCUT2D eigenvalue weighted by Gasteiger charge is 2.10. The van der Waals surface area contributed by atoms with Crippen molar-refractivity contribution in [1.82, 2.24) is 9.78 Å². The van der Waals surface area contributed by atoms with Crippen LogP contribution in [0.25, 0.3) is 0 Å². The smallest absolute Gasteiger partial charge is 0.0865 e. The van der Waals surface area contributed by atoms with Gasteiger partial charge >= 0.3 is 0 Å². The van der Waals surface area contributed by atoms with Gasteiger partial charge in [0.15, 0.2) is 0 Å². The van der Waals surface area contributed by atoms with Crippen molar-refractivity contribution in [3.63, 3.8) is 0 Å². The first-order chi connectivity index (χ1) is 9.61. The normalized spacial score (nSPS) is 10.8. The van der Waals surface area contributed by atoms with Crippen LogP contribution in [0.4, 0.5) is 5.69 Å². The predicted molar refractivity (Wildman–Crippen MR) is 85.8 cm³/mol. The summed E-state index contributed by atoms with van der Waals surface area (Å²) in [7, 11) is 1.91. The van der Waals surface area contributed by atoms with E-state index in [1.165, 1.54) is 5.56 Å². The number of alkyl halides is 1. The molecule has 1 heterocycles. The molecule has 0 aliphatic heterocycles. The Morgan fingerprint density at radius 1 is 1.35 bits per heavy atom. The molecule has 0 aliphatic carbocycles. The number of anilines is 1. The average molecular weight is 312 g/mol. The fourth-order valence-electron chi connectivity index (χ4n) is 2.17. The van der Waals surface area contributed by atoms with Crippen LogP contribution in [0.1, 0.15) is 23.4 Å². The molecule has 0 spiro atoms. The van der Waals surface area contributed by atoms with Gasteiger partial charge in [0.05, 0.1) is 23.0 Å². The van der Waals surface area contributed by atoms with Gasteiger partial charge in [-0.2, -0.15) is 5.10 Å². The highest BCUT2D eigenvalue weighted by atomic mass is 35.5. The Morgan fingerprint density at radius 2 is 2.15 bits per heavy atom. The van der Waals surface area contributed by atoms with Crippen LogP contribution in [0, 0.1) is 6.92 Å². The van der Waals surface area contributed by atoms with Gasteiger partial charge in [-0.15, -0.1) is 11.6 Å². The molecule has 0 saturated carbocycles.